The summed E-state index contributed by atoms with van der Waals surface area (Å²) in [5.41, 5.74) is 0.809. The average molecular weight is 460 g/mol. The zero-order chi connectivity index (χ0) is 20.7. The lowest BCUT2D eigenvalue weighted by Crippen LogP contribution is -2.46. The van der Waals surface area contributed by atoms with Crippen LogP contribution in [-0.2, 0) is 16.1 Å². The number of nitrogens with zero attached hydrogens (tertiary/aromatic N) is 1. The Hall–Kier alpha value is -1.40. The molecule has 0 radical (unpaired) electrons. The molecule has 8 heteroatoms. The van der Waals surface area contributed by atoms with Crippen molar-refractivity contribution in [1.29, 1.82) is 0 Å². The summed E-state index contributed by atoms with van der Waals surface area (Å²) >= 11 is 19.5. The Morgan fingerprint density at radius 2 is 1.75 bits per heavy atom. The fourth-order valence-electron chi connectivity index (χ4n) is 2.56. The fraction of sp³-hybridized carbons (Fsp3) is 0.300. The van der Waals surface area contributed by atoms with Crippen LogP contribution in [0.5, 0.6) is 0 Å². The Morgan fingerprint density at radius 3 is 2.36 bits per heavy atom. The van der Waals surface area contributed by atoms with E-state index in [0.29, 0.717) is 27.2 Å². The quantitative estimate of drug-likeness (QED) is 0.545. The minimum atomic E-state index is -0.604. The maximum absolute atomic E-state index is 12.9. The van der Waals surface area contributed by atoms with E-state index in [0.717, 1.165) is 10.5 Å². The van der Waals surface area contributed by atoms with Gasteiger partial charge in [0.15, 0.2) is 0 Å². The number of hydrogen-bond acceptors (Lipinski definition) is 3. The number of hydrogen-bond donors (Lipinski definition) is 1. The van der Waals surface area contributed by atoms with E-state index in [2.05, 4.69) is 5.32 Å². The van der Waals surface area contributed by atoms with Crippen molar-refractivity contribution < 1.29 is 9.59 Å². The zero-order valence-corrected chi connectivity index (χ0v) is 18.6. The number of thioether (sulfide) groups is 1. The van der Waals surface area contributed by atoms with Gasteiger partial charge in [0.1, 0.15) is 6.04 Å². The van der Waals surface area contributed by atoms with Gasteiger partial charge in [-0.2, -0.15) is 0 Å². The highest BCUT2D eigenvalue weighted by Crippen LogP contribution is 2.25. The van der Waals surface area contributed by atoms with Gasteiger partial charge in [-0.15, -0.1) is 11.8 Å². The molecule has 2 aromatic carbocycles. The molecule has 0 heterocycles. The van der Waals surface area contributed by atoms with Crippen molar-refractivity contribution in [3.8, 4) is 0 Å². The molecule has 2 aromatic rings. The van der Waals surface area contributed by atoms with E-state index in [1.54, 1.807) is 48.8 Å². The van der Waals surface area contributed by atoms with Crippen LogP contribution in [0.4, 0.5) is 0 Å². The molecule has 0 aliphatic carbocycles. The SMILES string of the molecule is CNC(=O)C(C)N(Cc1ccc(Cl)c(Cl)c1)C(=O)CCSc1ccc(Cl)cc1. The maximum Gasteiger partial charge on any atom is 0.242 e. The molecule has 4 nitrogen and oxygen atoms in total. The molecule has 0 saturated heterocycles. The summed E-state index contributed by atoms with van der Waals surface area (Å²) in [6.45, 7) is 1.98. The predicted molar refractivity (Wildman–Crippen MR) is 117 cm³/mol. The van der Waals surface area contributed by atoms with Crippen LogP contribution in [0.2, 0.25) is 15.1 Å². The third kappa shape index (κ3) is 6.59. The Kier molecular flexibility index (Phi) is 8.96. The first-order valence-corrected chi connectivity index (χ1v) is 10.8. The van der Waals surface area contributed by atoms with E-state index < -0.39 is 6.04 Å². The Morgan fingerprint density at radius 1 is 1.07 bits per heavy atom. The number of rotatable bonds is 8. The van der Waals surface area contributed by atoms with Crippen LogP contribution in [0.1, 0.15) is 18.9 Å². The highest BCUT2D eigenvalue weighted by atomic mass is 35.5. The smallest absolute Gasteiger partial charge is 0.242 e. The van der Waals surface area contributed by atoms with Crippen molar-refractivity contribution in [2.75, 3.05) is 12.8 Å². The van der Waals surface area contributed by atoms with Crippen LogP contribution in [0.25, 0.3) is 0 Å². The topological polar surface area (TPSA) is 49.4 Å². The Balaban J connectivity index is 2.06. The largest absolute Gasteiger partial charge is 0.357 e. The number of amides is 2. The molecule has 0 aliphatic heterocycles. The fourth-order valence-corrected chi connectivity index (χ4v) is 3.84. The number of likely N-dealkylation sites (N-methyl/N-ethyl adjacent to an activating group) is 1. The Labute approximate surface area is 184 Å². The zero-order valence-electron chi connectivity index (χ0n) is 15.5. The van der Waals surface area contributed by atoms with Crippen molar-refractivity contribution in [3.05, 3.63) is 63.1 Å². The molecular weight excluding hydrogens is 439 g/mol. The van der Waals surface area contributed by atoms with Crippen molar-refractivity contribution >= 4 is 58.4 Å². The maximum atomic E-state index is 12.9. The number of halogens is 3. The minimum Gasteiger partial charge on any atom is -0.357 e. The highest BCUT2D eigenvalue weighted by molar-refractivity contribution is 7.99. The van der Waals surface area contributed by atoms with Crippen LogP contribution < -0.4 is 5.32 Å². The first-order chi connectivity index (χ1) is 13.3. The van der Waals surface area contributed by atoms with Gasteiger partial charge in [-0.1, -0.05) is 40.9 Å². The molecule has 28 heavy (non-hydrogen) atoms. The molecule has 1 unspecified atom stereocenters. The molecule has 0 saturated carbocycles. The number of carbonyl (C=O) groups is 2. The lowest BCUT2D eigenvalue weighted by atomic mass is 10.1. The second-order valence-electron chi connectivity index (χ2n) is 6.11. The first-order valence-electron chi connectivity index (χ1n) is 8.65. The van der Waals surface area contributed by atoms with E-state index in [4.69, 9.17) is 34.8 Å². The molecule has 0 aliphatic rings. The predicted octanol–water partition coefficient (Wildman–Crippen LogP) is 5.29. The molecule has 2 amide bonds. The van der Waals surface area contributed by atoms with Crippen molar-refractivity contribution in [2.45, 2.75) is 30.8 Å². The molecule has 0 spiro atoms. The summed E-state index contributed by atoms with van der Waals surface area (Å²) in [7, 11) is 1.55. The third-order valence-electron chi connectivity index (χ3n) is 4.15. The van der Waals surface area contributed by atoms with Gasteiger partial charge in [0.05, 0.1) is 10.0 Å². The van der Waals surface area contributed by atoms with Crippen LogP contribution in [0, 0.1) is 0 Å². The molecule has 0 fully saturated rings. The summed E-state index contributed by atoms with van der Waals surface area (Å²) in [5, 5.41) is 4.13. The number of nitrogens with one attached hydrogen (secondary N) is 1. The van der Waals surface area contributed by atoms with E-state index in [9.17, 15) is 9.59 Å². The van der Waals surface area contributed by atoms with Gasteiger partial charge < -0.3 is 10.2 Å². The second kappa shape index (κ2) is 11.0. The molecule has 0 aromatic heterocycles. The molecule has 2 rings (SSSR count). The molecular formula is C20H21Cl3N2O2S. The van der Waals surface area contributed by atoms with Gasteiger partial charge in [-0.3, -0.25) is 9.59 Å². The lowest BCUT2D eigenvalue weighted by Gasteiger charge is -2.28. The molecule has 150 valence electrons. The second-order valence-corrected chi connectivity index (χ2v) is 8.53. The first kappa shape index (κ1) is 22.9. The van der Waals surface area contributed by atoms with E-state index in [-0.39, 0.29) is 18.4 Å². The molecule has 0 bridgehead atoms. The average Bonchev–Trinajstić information content (AvgIpc) is 2.69. The van der Waals surface area contributed by atoms with E-state index >= 15 is 0 Å². The molecule has 1 N–H and O–H groups in total. The van der Waals surface area contributed by atoms with Gasteiger partial charge in [-0.25, -0.2) is 0 Å². The number of carbonyl (C=O) groups excluding carboxylic acids is 2. The van der Waals surface area contributed by atoms with Crippen molar-refractivity contribution in [1.82, 2.24) is 10.2 Å². The van der Waals surface area contributed by atoms with Crippen LogP contribution >= 0.6 is 46.6 Å². The molecule has 1 atom stereocenters. The van der Waals surface area contributed by atoms with E-state index in [1.165, 1.54) is 0 Å². The monoisotopic (exact) mass is 458 g/mol. The number of benzene rings is 2. The van der Waals surface area contributed by atoms with Crippen LogP contribution in [0.15, 0.2) is 47.4 Å². The van der Waals surface area contributed by atoms with Crippen LogP contribution in [0.3, 0.4) is 0 Å². The highest BCUT2D eigenvalue weighted by Gasteiger charge is 2.25. The Bertz CT molecular complexity index is 831. The van der Waals surface area contributed by atoms with Gasteiger partial charge in [0, 0.05) is 35.7 Å². The van der Waals surface area contributed by atoms with Crippen LogP contribution in [-0.4, -0.2) is 35.6 Å². The summed E-state index contributed by atoms with van der Waals surface area (Å²) in [6, 6.07) is 12.1. The lowest BCUT2D eigenvalue weighted by molar-refractivity contribution is -0.140. The van der Waals surface area contributed by atoms with Gasteiger partial charge >= 0.3 is 0 Å². The summed E-state index contributed by atoms with van der Waals surface area (Å²) in [6.07, 6.45) is 0.302. The van der Waals surface area contributed by atoms with Gasteiger partial charge in [0.2, 0.25) is 11.8 Å². The third-order valence-corrected chi connectivity index (χ3v) is 6.15. The van der Waals surface area contributed by atoms with Gasteiger partial charge in [-0.05, 0) is 48.9 Å². The summed E-state index contributed by atoms with van der Waals surface area (Å²) in [4.78, 5) is 27.6. The summed E-state index contributed by atoms with van der Waals surface area (Å²) < 4.78 is 0. The standard InChI is InChI=1S/C20H21Cl3N2O2S/c1-13(20(27)24-2)25(12-14-3-8-17(22)18(23)11-14)19(26)9-10-28-16-6-4-15(21)5-7-16/h3-8,11,13H,9-10,12H2,1-2H3,(H,24,27). The van der Waals surface area contributed by atoms with E-state index in [1.807, 2.05) is 24.3 Å². The summed E-state index contributed by atoms with van der Waals surface area (Å²) in [5.74, 6) is 0.265. The van der Waals surface area contributed by atoms with Crippen molar-refractivity contribution in [3.63, 3.8) is 0 Å². The minimum absolute atomic E-state index is 0.108. The van der Waals surface area contributed by atoms with Crippen molar-refractivity contribution in [2.24, 2.45) is 0 Å². The van der Waals surface area contributed by atoms with Gasteiger partial charge in [0.25, 0.3) is 0 Å². The normalized spacial score (nSPS) is 11.8.